The molecule has 0 aromatic rings. The molecular formula is C15H28N2O3. The third kappa shape index (κ3) is 5.39. The molecule has 1 aliphatic carbocycles. The summed E-state index contributed by atoms with van der Waals surface area (Å²) in [5, 5.41) is 11.9. The molecule has 0 aromatic carbocycles. The first-order valence-electron chi connectivity index (χ1n) is 7.40. The molecule has 0 heterocycles. The van der Waals surface area contributed by atoms with E-state index in [0.29, 0.717) is 5.92 Å². The fraction of sp³-hybridized carbons (Fsp3) is 0.867. The van der Waals surface area contributed by atoms with Crippen LogP contribution in [0, 0.1) is 11.3 Å². The summed E-state index contributed by atoms with van der Waals surface area (Å²) >= 11 is 0. The highest BCUT2D eigenvalue weighted by Crippen LogP contribution is 2.30. The number of aliphatic carboxylic acids is 1. The zero-order valence-corrected chi connectivity index (χ0v) is 13.3. The van der Waals surface area contributed by atoms with Gasteiger partial charge in [-0.25, -0.2) is 4.79 Å². The Labute approximate surface area is 121 Å². The predicted octanol–water partition coefficient (Wildman–Crippen LogP) is 2.71. The second kappa shape index (κ2) is 6.46. The van der Waals surface area contributed by atoms with E-state index in [4.69, 9.17) is 5.11 Å². The lowest BCUT2D eigenvalue weighted by Gasteiger charge is -2.34. The van der Waals surface area contributed by atoms with Crippen molar-refractivity contribution < 1.29 is 14.7 Å². The first kappa shape index (κ1) is 16.8. The van der Waals surface area contributed by atoms with Crippen LogP contribution in [0.1, 0.15) is 53.9 Å². The number of urea groups is 1. The van der Waals surface area contributed by atoms with E-state index in [1.165, 1.54) is 12.8 Å². The molecule has 1 unspecified atom stereocenters. The van der Waals surface area contributed by atoms with Crippen LogP contribution in [0.4, 0.5) is 4.79 Å². The standard InChI is InChI=1S/C15H28N2O3/c1-10(2)17(9-11-6-7-11)14(20)16-12(8-13(18)19)15(3,4)5/h10-12H,6-9H2,1-5H3,(H,16,20)(H,18,19). The Kier molecular flexibility index (Phi) is 5.42. The highest BCUT2D eigenvalue weighted by Gasteiger charge is 2.32. The summed E-state index contributed by atoms with van der Waals surface area (Å²) in [7, 11) is 0. The van der Waals surface area contributed by atoms with E-state index < -0.39 is 5.97 Å². The van der Waals surface area contributed by atoms with Gasteiger partial charge in [0.25, 0.3) is 0 Å². The summed E-state index contributed by atoms with van der Waals surface area (Å²) < 4.78 is 0. The van der Waals surface area contributed by atoms with Gasteiger partial charge in [-0.15, -0.1) is 0 Å². The van der Waals surface area contributed by atoms with Crippen molar-refractivity contribution in [2.75, 3.05) is 6.54 Å². The van der Waals surface area contributed by atoms with Crippen LogP contribution in [-0.4, -0.2) is 40.6 Å². The van der Waals surface area contributed by atoms with Gasteiger partial charge in [0.15, 0.2) is 0 Å². The average molecular weight is 284 g/mol. The van der Waals surface area contributed by atoms with Crippen molar-refractivity contribution in [3.05, 3.63) is 0 Å². The van der Waals surface area contributed by atoms with Crippen molar-refractivity contribution in [3.63, 3.8) is 0 Å². The topological polar surface area (TPSA) is 69.6 Å². The van der Waals surface area contributed by atoms with E-state index in [9.17, 15) is 9.59 Å². The van der Waals surface area contributed by atoms with E-state index in [1.54, 1.807) is 0 Å². The Bertz CT molecular complexity index is 357. The van der Waals surface area contributed by atoms with Gasteiger partial charge in [0, 0.05) is 18.6 Å². The first-order valence-corrected chi connectivity index (χ1v) is 7.40. The number of nitrogens with zero attached hydrogens (tertiary/aromatic N) is 1. The molecule has 20 heavy (non-hydrogen) atoms. The number of nitrogens with one attached hydrogen (secondary N) is 1. The minimum atomic E-state index is -0.886. The van der Waals surface area contributed by atoms with Crippen LogP contribution in [0.3, 0.4) is 0 Å². The molecule has 0 bridgehead atoms. The Balaban J connectivity index is 2.68. The molecule has 5 heteroatoms. The van der Waals surface area contributed by atoms with Crippen molar-refractivity contribution in [1.82, 2.24) is 10.2 Å². The van der Waals surface area contributed by atoms with Crippen LogP contribution in [0.2, 0.25) is 0 Å². The number of carbonyl (C=O) groups is 2. The zero-order valence-electron chi connectivity index (χ0n) is 13.3. The number of hydrogen-bond acceptors (Lipinski definition) is 2. The van der Waals surface area contributed by atoms with Gasteiger partial charge in [0.1, 0.15) is 0 Å². The van der Waals surface area contributed by atoms with Gasteiger partial charge in [-0.05, 0) is 38.0 Å². The minimum absolute atomic E-state index is 0.0510. The quantitative estimate of drug-likeness (QED) is 0.788. The molecule has 0 aliphatic heterocycles. The molecule has 5 nitrogen and oxygen atoms in total. The fourth-order valence-corrected chi connectivity index (χ4v) is 2.09. The third-order valence-corrected chi connectivity index (χ3v) is 3.76. The summed E-state index contributed by atoms with van der Waals surface area (Å²) in [6, 6.07) is -0.387. The molecule has 0 spiro atoms. The van der Waals surface area contributed by atoms with Gasteiger partial charge in [0.2, 0.25) is 0 Å². The second-order valence-corrected chi connectivity index (χ2v) is 7.16. The van der Waals surface area contributed by atoms with Crippen molar-refractivity contribution >= 4 is 12.0 Å². The fourth-order valence-electron chi connectivity index (χ4n) is 2.09. The smallest absolute Gasteiger partial charge is 0.317 e. The second-order valence-electron chi connectivity index (χ2n) is 7.16. The van der Waals surface area contributed by atoms with E-state index in [-0.39, 0.29) is 30.0 Å². The van der Waals surface area contributed by atoms with Gasteiger partial charge < -0.3 is 15.3 Å². The molecule has 2 N–H and O–H groups in total. The number of carboxylic acid groups (broad SMARTS) is 1. The SMILES string of the molecule is CC(C)N(CC1CC1)C(=O)NC(CC(=O)O)C(C)(C)C. The lowest BCUT2D eigenvalue weighted by atomic mass is 9.85. The number of carboxylic acids is 1. The van der Waals surface area contributed by atoms with E-state index in [2.05, 4.69) is 5.32 Å². The minimum Gasteiger partial charge on any atom is -0.481 e. The molecule has 0 radical (unpaired) electrons. The molecule has 1 atom stereocenters. The molecule has 2 amide bonds. The maximum Gasteiger partial charge on any atom is 0.317 e. The van der Waals surface area contributed by atoms with Gasteiger partial charge >= 0.3 is 12.0 Å². The maximum absolute atomic E-state index is 12.4. The summed E-state index contributed by atoms with van der Waals surface area (Å²) in [5.41, 5.74) is -0.281. The Morgan fingerprint density at radius 1 is 1.30 bits per heavy atom. The van der Waals surface area contributed by atoms with Crippen LogP contribution < -0.4 is 5.32 Å². The van der Waals surface area contributed by atoms with Crippen molar-refractivity contribution in [1.29, 1.82) is 0 Å². The Hall–Kier alpha value is -1.26. The van der Waals surface area contributed by atoms with Crippen molar-refractivity contribution in [3.8, 4) is 0 Å². The number of amides is 2. The number of rotatable bonds is 6. The van der Waals surface area contributed by atoms with Crippen molar-refractivity contribution in [2.45, 2.75) is 66.0 Å². The van der Waals surface area contributed by atoms with Crippen molar-refractivity contribution in [2.24, 2.45) is 11.3 Å². The monoisotopic (exact) mass is 284 g/mol. The highest BCUT2D eigenvalue weighted by molar-refractivity contribution is 5.76. The largest absolute Gasteiger partial charge is 0.481 e. The van der Waals surface area contributed by atoms with E-state index in [1.807, 2.05) is 39.5 Å². The molecule has 1 saturated carbocycles. The lowest BCUT2D eigenvalue weighted by Crippen LogP contribution is -2.52. The molecule has 0 saturated heterocycles. The molecule has 0 aromatic heterocycles. The number of carbonyl (C=O) groups excluding carboxylic acids is 1. The molecule has 1 fully saturated rings. The lowest BCUT2D eigenvalue weighted by molar-refractivity contribution is -0.138. The Morgan fingerprint density at radius 2 is 1.85 bits per heavy atom. The summed E-state index contributed by atoms with van der Waals surface area (Å²) in [5.74, 6) is -0.265. The molecule has 1 aliphatic rings. The number of hydrogen-bond donors (Lipinski definition) is 2. The maximum atomic E-state index is 12.4. The molecular weight excluding hydrogens is 256 g/mol. The Morgan fingerprint density at radius 3 is 2.20 bits per heavy atom. The van der Waals surface area contributed by atoms with Gasteiger partial charge in [-0.2, -0.15) is 0 Å². The van der Waals surface area contributed by atoms with Gasteiger partial charge in [-0.3, -0.25) is 4.79 Å². The van der Waals surface area contributed by atoms with Gasteiger partial charge in [0.05, 0.1) is 6.42 Å². The zero-order chi connectivity index (χ0) is 15.5. The highest BCUT2D eigenvalue weighted by atomic mass is 16.4. The molecule has 116 valence electrons. The first-order chi connectivity index (χ1) is 9.11. The van der Waals surface area contributed by atoms with Crippen LogP contribution in [0.5, 0.6) is 0 Å². The predicted molar refractivity (Wildman–Crippen MR) is 78.6 cm³/mol. The average Bonchev–Trinajstić information content (AvgIpc) is 3.06. The third-order valence-electron chi connectivity index (χ3n) is 3.76. The van der Waals surface area contributed by atoms with Gasteiger partial charge in [-0.1, -0.05) is 20.8 Å². The normalized spacial score (nSPS) is 16.9. The van der Waals surface area contributed by atoms with Crippen LogP contribution in [0.25, 0.3) is 0 Å². The summed E-state index contributed by atoms with van der Waals surface area (Å²) in [4.78, 5) is 25.2. The summed E-state index contributed by atoms with van der Waals surface area (Å²) in [6.07, 6.45) is 2.33. The van der Waals surface area contributed by atoms with Crippen LogP contribution in [0.15, 0.2) is 0 Å². The molecule has 1 rings (SSSR count). The van der Waals surface area contributed by atoms with E-state index in [0.717, 1.165) is 6.54 Å². The van der Waals surface area contributed by atoms with Crippen LogP contribution in [-0.2, 0) is 4.79 Å². The van der Waals surface area contributed by atoms with Crippen LogP contribution >= 0.6 is 0 Å². The van der Waals surface area contributed by atoms with E-state index >= 15 is 0 Å². The summed E-state index contributed by atoms with van der Waals surface area (Å²) in [6.45, 7) is 10.6.